The Morgan fingerprint density at radius 1 is 1.22 bits per heavy atom. The zero-order valence-corrected chi connectivity index (χ0v) is 15.7. The summed E-state index contributed by atoms with van der Waals surface area (Å²) in [6.45, 7) is 1.25. The number of anilines is 1. The molecule has 0 fully saturated rings. The highest BCUT2D eigenvalue weighted by atomic mass is 16.5. The molecule has 1 amide bonds. The van der Waals surface area contributed by atoms with E-state index in [-0.39, 0.29) is 5.91 Å². The Bertz CT molecular complexity index is 854. The molecule has 6 heteroatoms. The summed E-state index contributed by atoms with van der Waals surface area (Å²) in [6.07, 6.45) is 3.07. The summed E-state index contributed by atoms with van der Waals surface area (Å²) in [4.78, 5) is 14.3. The Balaban J connectivity index is 2.15. The topological polar surface area (TPSA) is 74.6 Å². The average Bonchev–Trinajstić information content (AvgIpc) is 2.67. The van der Waals surface area contributed by atoms with E-state index in [1.807, 2.05) is 37.2 Å². The van der Waals surface area contributed by atoms with Gasteiger partial charge in [-0.15, -0.1) is 0 Å². The molecule has 0 saturated carbocycles. The summed E-state index contributed by atoms with van der Waals surface area (Å²) in [5.41, 5.74) is 1.62. The molecule has 0 radical (unpaired) electrons. The van der Waals surface area contributed by atoms with Crippen molar-refractivity contribution in [3.8, 4) is 17.6 Å². The number of nitrogens with one attached hydrogen (secondary N) is 1. The maximum atomic E-state index is 12.2. The number of amides is 1. The summed E-state index contributed by atoms with van der Waals surface area (Å²) in [5, 5.41) is 11.8. The van der Waals surface area contributed by atoms with Gasteiger partial charge < -0.3 is 19.7 Å². The van der Waals surface area contributed by atoms with Gasteiger partial charge in [0.15, 0.2) is 11.5 Å². The smallest absolute Gasteiger partial charge is 0.248 e. The van der Waals surface area contributed by atoms with Crippen molar-refractivity contribution in [1.82, 2.24) is 4.90 Å². The fourth-order valence-electron chi connectivity index (χ4n) is 2.34. The lowest BCUT2D eigenvalue weighted by Crippen LogP contribution is -2.19. The Hall–Kier alpha value is -3.30. The molecule has 0 saturated heterocycles. The van der Waals surface area contributed by atoms with Gasteiger partial charge in [-0.2, -0.15) is 5.26 Å². The number of nitriles is 1. The molecule has 2 rings (SSSR count). The van der Waals surface area contributed by atoms with Crippen LogP contribution in [-0.2, 0) is 4.79 Å². The van der Waals surface area contributed by atoms with Crippen LogP contribution in [0.15, 0.2) is 48.5 Å². The van der Waals surface area contributed by atoms with Crippen LogP contribution >= 0.6 is 0 Å². The Kier molecular flexibility index (Phi) is 7.41. The molecule has 0 spiro atoms. The Morgan fingerprint density at radius 3 is 2.70 bits per heavy atom. The zero-order valence-electron chi connectivity index (χ0n) is 15.7. The third kappa shape index (κ3) is 5.87. The highest BCUT2D eigenvalue weighted by molar-refractivity contribution is 6.02. The third-order valence-electron chi connectivity index (χ3n) is 3.73. The Morgan fingerprint density at radius 2 is 2.00 bits per heavy atom. The van der Waals surface area contributed by atoms with Crippen molar-refractivity contribution in [3.63, 3.8) is 0 Å². The summed E-state index contributed by atoms with van der Waals surface area (Å²) < 4.78 is 11.2. The van der Waals surface area contributed by atoms with Gasteiger partial charge >= 0.3 is 0 Å². The monoisotopic (exact) mass is 365 g/mol. The van der Waals surface area contributed by atoms with E-state index in [0.29, 0.717) is 29.4 Å². The van der Waals surface area contributed by atoms with E-state index >= 15 is 0 Å². The summed E-state index contributed by atoms with van der Waals surface area (Å²) in [7, 11) is 5.51. The summed E-state index contributed by atoms with van der Waals surface area (Å²) >= 11 is 0. The van der Waals surface area contributed by atoms with Crippen molar-refractivity contribution in [1.29, 1.82) is 5.26 Å². The molecule has 0 aromatic heterocycles. The molecule has 2 aromatic rings. The zero-order chi connectivity index (χ0) is 19.6. The predicted octanol–water partition coefficient (Wildman–Crippen LogP) is 3.16. The molecular weight excluding hydrogens is 342 g/mol. The van der Waals surface area contributed by atoms with Crippen molar-refractivity contribution < 1.29 is 14.3 Å². The number of rotatable bonds is 8. The Labute approximate surface area is 159 Å². The van der Waals surface area contributed by atoms with Crippen LogP contribution < -0.4 is 14.8 Å². The van der Waals surface area contributed by atoms with Gasteiger partial charge in [-0.25, -0.2) is 0 Å². The molecule has 140 valence electrons. The fourth-order valence-corrected chi connectivity index (χ4v) is 2.34. The second-order valence-electron chi connectivity index (χ2n) is 6.01. The van der Waals surface area contributed by atoms with Crippen LogP contribution in [0.2, 0.25) is 0 Å². The van der Waals surface area contributed by atoms with Crippen LogP contribution in [0.1, 0.15) is 11.1 Å². The number of methoxy groups -OCH3 is 1. The molecule has 6 nitrogen and oxygen atoms in total. The van der Waals surface area contributed by atoms with E-state index in [1.54, 1.807) is 37.5 Å². The van der Waals surface area contributed by atoms with Crippen LogP contribution in [-0.4, -0.2) is 45.2 Å². The third-order valence-corrected chi connectivity index (χ3v) is 3.73. The quantitative estimate of drug-likeness (QED) is 0.728. The summed E-state index contributed by atoms with van der Waals surface area (Å²) in [6, 6.07) is 14.4. The minimum absolute atomic E-state index is 0.334. The number of benzene rings is 2. The van der Waals surface area contributed by atoms with Crippen LogP contribution in [0.4, 0.5) is 5.69 Å². The van der Waals surface area contributed by atoms with Gasteiger partial charge in [0.05, 0.1) is 18.4 Å². The minimum Gasteiger partial charge on any atom is -0.493 e. The number of carbonyl (C=O) groups is 1. The first-order valence-corrected chi connectivity index (χ1v) is 8.48. The lowest BCUT2D eigenvalue weighted by molar-refractivity contribution is -0.111. The van der Waals surface area contributed by atoms with Gasteiger partial charge in [0.25, 0.3) is 0 Å². The second-order valence-corrected chi connectivity index (χ2v) is 6.01. The fraction of sp³-hybridized carbons (Fsp3) is 0.238. The van der Waals surface area contributed by atoms with E-state index in [4.69, 9.17) is 14.7 Å². The number of hydrogen-bond acceptors (Lipinski definition) is 5. The van der Waals surface area contributed by atoms with Crippen molar-refractivity contribution in [2.45, 2.75) is 0 Å². The molecule has 2 aromatic carbocycles. The molecule has 0 aliphatic heterocycles. The molecule has 0 atom stereocenters. The first kappa shape index (κ1) is 20.0. The van der Waals surface area contributed by atoms with Crippen molar-refractivity contribution in [2.75, 3.05) is 39.7 Å². The normalized spacial score (nSPS) is 10.6. The predicted molar refractivity (Wildman–Crippen MR) is 106 cm³/mol. The molecule has 0 aliphatic carbocycles. The maximum absolute atomic E-state index is 12.2. The van der Waals surface area contributed by atoms with E-state index < -0.39 is 0 Å². The van der Waals surface area contributed by atoms with Crippen LogP contribution in [0.25, 0.3) is 6.08 Å². The number of nitrogens with zero attached hydrogens (tertiary/aromatic N) is 2. The number of carbonyl (C=O) groups excluding carboxylic acids is 1. The van der Waals surface area contributed by atoms with E-state index in [1.165, 1.54) is 6.08 Å². The number of ether oxygens (including phenoxy) is 2. The summed E-state index contributed by atoms with van der Waals surface area (Å²) in [5.74, 6) is 0.856. The molecule has 0 bridgehead atoms. The first-order chi connectivity index (χ1) is 13.0. The lowest BCUT2D eigenvalue weighted by atomic mass is 10.1. The highest BCUT2D eigenvalue weighted by Gasteiger charge is 2.10. The van der Waals surface area contributed by atoms with E-state index in [9.17, 15) is 4.79 Å². The van der Waals surface area contributed by atoms with E-state index in [0.717, 1.165) is 12.1 Å². The first-order valence-electron chi connectivity index (χ1n) is 8.48. The lowest BCUT2D eigenvalue weighted by Gasteiger charge is -2.15. The van der Waals surface area contributed by atoms with Gasteiger partial charge in [0, 0.05) is 18.2 Å². The van der Waals surface area contributed by atoms with Gasteiger partial charge in [0.1, 0.15) is 12.7 Å². The molecule has 0 unspecified atom stereocenters. The van der Waals surface area contributed by atoms with Gasteiger partial charge in [0.2, 0.25) is 5.91 Å². The highest BCUT2D eigenvalue weighted by Crippen LogP contribution is 2.32. The average molecular weight is 365 g/mol. The number of para-hydroxylation sites is 2. The number of hydrogen-bond donors (Lipinski definition) is 1. The molecule has 1 N–H and O–H groups in total. The molecule has 27 heavy (non-hydrogen) atoms. The van der Waals surface area contributed by atoms with Crippen molar-refractivity contribution >= 4 is 17.7 Å². The van der Waals surface area contributed by atoms with Crippen LogP contribution in [0, 0.1) is 11.3 Å². The molecular formula is C21H23N3O3. The molecule has 0 heterocycles. The van der Waals surface area contributed by atoms with Gasteiger partial charge in [-0.3, -0.25) is 4.79 Å². The van der Waals surface area contributed by atoms with Crippen molar-refractivity contribution in [2.24, 2.45) is 0 Å². The van der Waals surface area contributed by atoms with E-state index in [2.05, 4.69) is 11.4 Å². The SMILES string of the molecule is COc1cccc(/C=C/C(=O)Nc2ccccc2C#N)c1OCCN(C)C. The standard InChI is InChI=1S/C21H23N3O3/c1-24(2)13-14-27-21-16(8-6-10-19(21)26-3)11-12-20(25)23-18-9-5-4-7-17(18)15-22/h4-12H,13-14H2,1-3H3,(H,23,25)/b12-11+. The van der Waals surface area contributed by atoms with Crippen LogP contribution in [0.5, 0.6) is 11.5 Å². The minimum atomic E-state index is -0.334. The van der Waals surface area contributed by atoms with Gasteiger partial charge in [-0.1, -0.05) is 24.3 Å². The second kappa shape index (κ2) is 10.00. The maximum Gasteiger partial charge on any atom is 0.248 e. The van der Waals surface area contributed by atoms with Gasteiger partial charge in [-0.05, 0) is 38.4 Å². The largest absolute Gasteiger partial charge is 0.493 e. The van der Waals surface area contributed by atoms with Crippen molar-refractivity contribution in [3.05, 3.63) is 59.7 Å². The van der Waals surface area contributed by atoms with Crippen LogP contribution in [0.3, 0.4) is 0 Å². The molecule has 0 aliphatic rings. The number of likely N-dealkylation sites (N-methyl/N-ethyl adjacent to an activating group) is 1.